The van der Waals surface area contributed by atoms with Crippen LogP contribution >= 0.6 is 0 Å². The summed E-state index contributed by atoms with van der Waals surface area (Å²) in [5.74, 6) is -1.34. The van der Waals surface area contributed by atoms with Crippen LogP contribution in [0.3, 0.4) is 0 Å². The van der Waals surface area contributed by atoms with Crippen molar-refractivity contribution in [1.82, 2.24) is 0 Å². The maximum absolute atomic E-state index is 11.1. The first-order chi connectivity index (χ1) is 3.95. The molecule has 48 valence electrons. The third-order valence-corrected chi connectivity index (χ3v) is 0.361. The number of rotatable bonds is 1. The predicted octanol–water partition coefficient (Wildman–Crippen LogP) is 0.424. The summed E-state index contributed by atoms with van der Waals surface area (Å²) in [7, 11) is 0. The molecule has 0 saturated heterocycles. The topological polar surface area (TPSA) is 43.1 Å². The first kappa shape index (κ1) is 5.40. The summed E-state index contributed by atoms with van der Waals surface area (Å²) in [5, 5.41) is 0. The Morgan fingerprint density at radius 2 is 2.25 bits per heavy atom. The van der Waals surface area contributed by atoms with Crippen molar-refractivity contribution in [2.45, 2.75) is 12.6 Å². The van der Waals surface area contributed by atoms with Crippen molar-refractivity contribution in [1.29, 1.82) is 0 Å². The Bertz CT molecular complexity index is 112. The minimum Gasteiger partial charge on any atom is -0.369 e. The van der Waals surface area contributed by atoms with Crippen molar-refractivity contribution < 1.29 is 19.4 Å². The Morgan fingerprint density at radius 1 is 1.75 bits per heavy atom. The second kappa shape index (κ2) is 2.02. The van der Waals surface area contributed by atoms with E-state index < -0.39 is 18.5 Å². The smallest absolute Gasteiger partial charge is 0.369 e. The van der Waals surface area contributed by atoms with Crippen molar-refractivity contribution in [3.8, 4) is 0 Å². The molecule has 0 rings (SSSR count). The molecular formula is C3H4F3NO. The van der Waals surface area contributed by atoms with Gasteiger partial charge in [0, 0.05) is 0 Å². The number of halogens is 3. The lowest BCUT2D eigenvalue weighted by atomic mass is 10.4. The van der Waals surface area contributed by atoms with Gasteiger partial charge in [-0.1, -0.05) is 0 Å². The highest BCUT2D eigenvalue weighted by Crippen LogP contribution is 2.17. The second-order valence-electron chi connectivity index (χ2n) is 1.22. The number of primary amides is 1. The standard InChI is InChI=1S/C3H4F3NO/c4-3(5,6)1-2(7)8/h1H2,(H2,7,8)/i/hD. The molecule has 0 aromatic heterocycles. The van der Waals surface area contributed by atoms with Gasteiger partial charge < -0.3 is 5.73 Å². The third-order valence-electron chi connectivity index (χ3n) is 0.361. The molecule has 0 aliphatic rings. The normalized spacial score (nSPS) is 12.6. The van der Waals surface area contributed by atoms with Crippen LogP contribution in [0, 0.1) is 0 Å². The Kier molecular flexibility index (Phi) is 1.36. The Morgan fingerprint density at radius 3 is 2.38 bits per heavy atom. The molecule has 2 nitrogen and oxygen atoms in total. The zero-order chi connectivity index (χ0) is 7.49. The Hall–Kier alpha value is -0.740. The molecule has 8 heavy (non-hydrogen) atoms. The Balaban J connectivity index is 3.60. The van der Waals surface area contributed by atoms with Gasteiger partial charge in [-0.3, -0.25) is 4.79 Å². The van der Waals surface area contributed by atoms with E-state index in [1.54, 1.807) is 0 Å². The fourth-order valence-electron chi connectivity index (χ4n) is 0.182. The summed E-state index contributed by atoms with van der Waals surface area (Å²) in [6, 6.07) is 0. The lowest BCUT2D eigenvalue weighted by Crippen LogP contribution is -2.21. The van der Waals surface area contributed by atoms with Crippen molar-refractivity contribution in [2.24, 2.45) is 5.73 Å². The SMILES string of the molecule is [2H]NC(=O)CC(F)(F)F. The van der Waals surface area contributed by atoms with E-state index >= 15 is 0 Å². The van der Waals surface area contributed by atoms with Crippen molar-refractivity contribution in [2.75, 3.05) is 0 Å². The van der Waals surface area contributed by atoms with E-state index in [1.807, 2.05) is 0 Å². The summed E-state index contributed by atoms with van der Waals surface area (Å²) < 4.78 is 39.4. The van der Waals surface area contributed by atoms with Gasteiger partial charge in [0.15, 0.2) is 1.41 Å². The van der Waals surface area contributed by atoms with Gasteiger partial charge in [0.1, 0.15) is 6.42 Å². The highest BCUT2D eigenvalue weighted by molar-refractivity contribution is 5.74. The predicted molar refractivity (Wildman–Crippen MR) is 19.9 cm³/mol. The molecule has 0 spiro atoms. The summed E-state index contributed by atoms with van der Waals surface area (Å²) in [4.78, 5) is 9.81. The van der Waals surface area contributed by atoms with Gasteiger partial charge in [0.25, 0.3) is 0 Å². The highest BCUT2D eigenvalue weighted by Gasteiger charge is 2.29. The summed E-state index contributed by atoms with van der Waals surface area (Å²) in [6.45, 7) is 0. The zero-order valence-electron chi connectivity index (χ0n) is 4.75. The van der Waals surface area contributed by atoms with Crippen molar-refractivity contribution in [3.05, 3.63) is 0 Å². The number of alkyl halides is 3. The third kappa shape index (κ3) is 5.26. The molecule has 1 amide bonds. The maximum atomic E-state index is 11.1. The molecule has 0 radical (unpaired) electrons. The van der Waals surface area contributed by atoms with Crippen LogP contribution < -0.4 is 5.73 Å². The van der Waals surface area contributed by atoms with E-state index in [4.69, 9.17) is 1.41 Å². The van der Waals surface area contributed by atoms with Crippen LogP contribution in [0.4, 0.5) is 13.2 Å². The van der Waals surface area contributed by atoms with Crippen LogP contribution in [0.1, 0.15) is 6.42 Å². The quantitative estimate of drug-likeness (QED) is 0.546. The Labute approximate surface area is 44.9 Å². The molecule has 0 aliphatic heterocycles. The fourth-order valence-corrected chi connectivity index (χ4v) is 0.182. The molecule has 2 N–H and O–H groups in total. The summed E-state index contributed by atoms with van der Waals surface area (Å²) in [5.41, 5.74) is 1.11. The minimum atomic E-state index is -4.51. The average Bonchev–Trinajstić information content (AvgIpc) is 1.62. The van der Waals surface area contributed by atoms with Gasteiger partial charge >= 0.3 is 6.18 Å². The molecule has 0 bridgehead atoms. The van der Waals surface area contributed by atoms with Crippen LogP contribution in [-0.2, 0) is 4.79 Å². The molecule has 0 saturated carbocycles. The lowest BCUT2D eigenvalue weighted by molar-refractivity contribution is -0.151. The molecule has 0 aliphatic carbocycles. The van der Waals surface area contributed by atoms with Crippen LogP contribution in [-0.4, -0.2) is 12.1 Å². The van der Waals surface area contributed by atoms with Crippen LogP contribution in [0.2, 0.25) is 1.41 Å². The minimum absolute atomic E-state index is 1.11. The monoisotopic (exact) mass is 128 g/mol. The van der Waals surface area contributed by atoms with Gasteiger partial charge in [-0.15, -0.1) is 0 Å². The number of nitrogens with two attached hydrogens (primary N) is 1. The van der Waals surface area contributed by atoms with E-state index in [2.05, 4.69) is 0 Å². The number of carbonyl (C=O) groups is 1. The fraction of sp³-hybridized carbons (Fsp3) is 0.667. The first-order valence-electron chi connectivity index (χ1n) is 2.23. The lowest BCUT2D eigenvalue weighted by Gasteiger charge is -1.99. The molecule has 0 unspecified atom stereocenters. The number of amides is 1. The van der Waals surface area contributed by atoms with E-state index in [0.717, 1.165) is 5.73 Å². The van der Waals surface area contributed by atoms with Crippen LogP contribution in [0.25, 0.3) is 0 Å². The molecule has 0 aromatic rings. The first-order valence-corrected chi connectivity index (χ1v) is 1.73. The highest BCUT2D eigenvalue weighted by atomic mass is 19.4. The van der Waals surface area contributed by atoms with E-state index in [1.165, 1.54) is 0 Å². The second-order valence-corrected chi connectivity index (χ2v) is 1.22. The van der Waals surface area contributed by atoms with E-state index in [9.17, 15) is 18.0 Å². The molecule has 0 heterocycles. The average molecular weight is 128 g/mol. The molecule has 0 aromatic carbocycles. The van der Waals surface area contributed by atoms with E-state index in [-0.39, 0.29) is 0 Å². The van der Waals surface area contributed by atoms with Gasteiger partial charge in [0.05, 0.1) is 0 Å². The van der Waals surface area contributed by atoms with Gasteiger partial charge in [-0.25, -0.2) is 0 Å². The summed E-state index contributed by atoms with van der Waals surface area (Å²) >= 11 is 0. The van der Waals surface area contributed by atoms with Crippen LogP contribution in [0.15, 0.2) is 0 Å². The van der Waals surface area contributed by atoms with Crippen molar-refractivity contribution in [3.63, 3.8) is 0 Å². The van der Waals surface area contributed by atoms with Gasteiger partial charge in [-0.2, -0.15) is 13.2 Å². The number of hydrogen-bond acceptors (Lipinski definition) is 1. The largest absolute Gasteiger partial charge is 0.397 e. The maximum Gasteiger partial charge on any atom is 0.397 e. The summed E-state index contributed by atoms with van der Waals surface area (Å²) in [6.07, 6.45) is -6.10. The van der Waals surface area contributed by atoms with Crippen molar-refractivity contribution >= 4 is 5.91 Å². The zero-order valence-corrected chi connectivity index (χ0v) is 3.75. The molecule has 5 heteroatoms. The molecular weight excluding hydrogens is 123 g/mol. The van der Waals surface area contributed by atoms with Crippen LogP contribution in [0.5, 0.6) is 0 Å². The van der Waals surface area contributed by atoms with Gasteiger partial charge in [0.2, 0.25) is 5.91 Å². The molecule has 0 fully saturated rings. The van der Waals surface area contributed by atoms with Gasteiger partial charge in [-0.05, 0) is 0 Å². The number of carbonyl (C=O) groups excluding carboxylic acids is 1. The number of hydrogen-bond donors (Lipinski definition) is 1. The molecule has 0 atom stereocenters. The van der Waals surface area contributed by atoms with E-state index in [0.29, 0.717) is 0 Å².